The van der Waals surface area contributed by atoms with Crippen molar-refractivity contribution in [2.75, 3.05) is 0 Å². The second-order valence-electron chi connectivity index (χ2n) is 7.57. The maximum atomic E-state index is 13.1. The number of hydrogen-bond donors (Lipinski definition) is 3. The lowest BCUT2D eigenvalue weighted by Crippen LogP contribution is -2.54. The van der Waals surface area contributed by atoms with Gasteiger partial charge in [-0.2, -0.15) is 0 Å². The molecule has 0 spiro atoms. The van der Waals surface area contributed by atoms with E-state index in [0.29, 0.717) is 4.88 Å². The molecule has 0 saturated carbocycles. The Morgan fingerprint density at radius 2 is 1.59 bits per heavy atom. The van der Waals surface area contributed by atoms with Gasteiger partial charge in [0.15, 0.2) is 0 Å². The molecule has 2 aromatic carbocycles. The number of benzene rings is 2. The van der Waals surface area contributed by atoms with Gasteiger partial charge in [-0.3, -0.25) is 25.2 Å². The van der Waals surface area contributed by atoms with E-state index in [-0.39, 0.29) is 24.1 Å². The van der Waals surface area contributed by atoms with E-state index in [1.54, 1.807) is 24.3 Å². The Labute approximate surface area is 189 Å². The Hall–Kier alpha value is -3.52. The Balaban J connectivity index is 1.56. The molecular weight excluding hydrogens is 429 g/mol. The normalized spacial score (nSPS) is 11.6. The molecule has 3 rings (SSSR count). The first-order chi connectivity index (χ1) is 15.3. The molecule has 0 bridgehead atoms. The summed E-state index contributed by atoms with van der Waals surface area (Å²) in [7, 11) is 0. The molecule has 0 radical (unpaired) electrons. The summed E-state index contributed by atoms with van der Waals surface area (Å²) in [5.41, 5.74) is 6.42. The third kappa shape index (κ3) is 6.24. The van der Waals surface area contributed by atoms with E-state index in [1.807, 2.05) is 44.2 Å². The average molecular weight is 454 g/mol. The van der Waals surface area contributed by atoms with E-state index in [4.69, 9.17) is 0 Å². The van der Waals surface area contributed by atoms with Crippen LogP contribution in [0.1, 0.15) is 29.1 Å². The largest absolute Gasteiger partial charge is 0.344 e. The van der Waals surface area contributed by atoms with Gasteiger partial charge in [-0.05, 0) is 41.3 Å². The molecule has 0 fully saturated rings. The summed E-state index contributed by atoms with van der Waals surface area (Å²) in [6, 6.07) is 17.8. The number of carbonyl (C=O) groups excluding carboxylic acids is 3. The number of carbonyl (C=O) groups is 3. The van der Waals surface area contributed by atoms with Gasteiger partial charge in [-0.25, -0.2) is 4.39 Å². The van der Waals surface area contributed by atoms with Gasteiger partial charge in [0.05, 0.1) is 11.3 Å². The third-order valence-electron chi connectivity index (χ3n) is 4.73. The monoisotopic (exact) mass is 453 g/mol. The van der Waals surface area contributed by atoms with Crippen LogP contribution in [-0.2, 0) is 16.0 Å². The predicted molar refractivity (Wildman–Crippen MR) is 122 cm³/mol. The molecule has 3 amide bonds. The number of halogens is 1. The summed E-state index contributed by atoms with van der Waals surface area (Å²) >= 11 is 1.22. The molecule has 32 heavy (non-hydrogen) atoms. The molecule has 1 aromatic heterocycles. The van der Waals surface area contributed by atoms with E-state index < -0.39 is 17.9 Å². The van der Waals surface area contributed by atoms with Crippen LogP contribution in [0.3, 0.4) is 0 Å². The van der Waals surface area contributed by atoms with Crippen molar-refractivity contribution in [2.45, 2.75) is 26.3 Å². The predicted octanol–water partition coefficient (Wildman–Crippen LogP) is 3.70. The molecule has 0 aliphatic carbocycles. The van der Waals surface area contributed by atoms with Crippen LogP contribution in [0, 0.1) is 11.7 Å². The van der Waals surface area contributed by atoms with Gasteiger partial charge in [-0.15, -0.1) is 11.3 Å². The van der Waals surface area contributed by atoms with Crippen molar-refractivity contribution in [1.29, 1.82) is 0 Å². The van der Waals surface area contributed by atoms with E-state index in [2.05, 4.69) is 16.2 Å². The van der Waals surface area contributed by atoms with Crippen LogP contribution in [0.2, 0.25) is 0 Å². The van der Waals surface area contributed by atoms with Crippen molar-refractivity contribution in [3.05, 3.63) is 83.0 Å². The first kappa shape index (κ1) is 23.1. The Bertz CT molecular complexity index is 1080. The first-order valence-electron chi connectivity index (χ1n) is 10.1. The molecule has 3 N–H and O–H groups in total. The minimum atomic E-state index is -0.801. The van der Waals surface area contributed by atoms with Gasteiger partial charge in [0.25, 0.3) is 11.8 Å². The van der Waals surface area contributed by atoms with Gasteiger partial charge < -0.3 is 5.32 Å². The number of hydrogen-bond acceptors (Lipinski definition) is 4. The van der Waals surface area contributed by atoms with Crippen molar-refractivity contribution < 1.29 is 18.8 Å². The number of rotatable bonds is 7. The fourth-order valence-electron chi connectivity index (χ4n) is 3.03. The van der Waals surface area contributed by atoms with Crippen molar-refractivity contribution in [2.24, 2.45) is 5.92 Å². The van der Waals surface area contributed by atoms with Crippen LogP contribution in [-0.4, -0.2) is 23.8 Å². The van der Waals surface area contributed by atoms with Crippen molar-refractivity contribution >= 4 is 29.1 Å². The molecule has 166 valence electrons. The second-order valence-corrected chi connectivity index (χ2v) is 8.65. The van der Waals surface area contributed by atoms with E-state index in [9.17, 15) is 18.8 Å². The fourth-order valence-corrected chi connectivity index (χ4v) is 3.93. The fraction of sp³-hybridized carbons (Fsp3) is 0.208. The standard InChI is InChI=1S/C24H24FN3O3S/c1-15(2)22(26-21(29)14-16-6-4-3-5-7-16)24(31)28-27-23(30)20-13-12-19(32-20)17-8-10-18(25)11-9-17/h3-13,15,22H,14H2,1-2H3,(H,26,29)(H,27,30)(H,28,31)/t22-/m0/s1. The highest BCUT2D eigenvalue weighted by Crippen LogP contribution is 2.28. The minimum absolute atomic E-state index is 0.158. The number of nitrogens with one attached hydrogen (secondary N) is 3. The van der Waals surface area contributed by atoms with Crippen LogP contribution in [0.25, 0.3) is 10.4 Å². The summed E-state index contributed by atoms with van der Waals surface area (Å²) < 4.78 is 13.1. The van der Waals surface area contributed by atoms with Gasteiger partial charge in [0.1, 0.15) is 11.9 Å². The van der Waals surface area contributed by atoms with Gasteiger partial charge >= 0.3 is 0 Å². The molecule has 0 aliphatic heterocycles. The Morgan fingerprint density at radius 3 is 2.25 bits per heavy atom. The highest BCUT2D eigenvalue weighted by molar-refractivity contribution is 7.17. The lowest BCUT2D eigenvalue weighted by molar-refractivity contribution is -0.130. The zero-order valence-electron chi connectivity index (χ0n) is 17.7. The van der Waals surface area contributed by atoms with Crippen molar-refractivity contribution in [3.8, 4) is 10.4 Å². The number of amides is 3. The zero-order chi connectivity index (χ0) is 23.1. The third-order valence-corrected chi connectivity index (χ3v) is 5.86. The molecular formula is C24H24FN3O3S. The summed E-state index contributed by atoms with van der Waals surface area (Å²) in [4.78, 5) is 38.6. The maximum absolute atomic E-state index is 13.1. The Kier molecular flexibility index (Phi) is 7.72. The Morgan fingerprint density at radius 1 is 0.906 bits per heavy atom. The van der Waals surface area contributed by atoms with Crippen LogP contribution in [0.4, 0.5) is 4.39 Å². The van der Waals surface area contributed by atoms with E-state index in [0.717, 1.165) is 16.0 Å². The second kappa shape index (κ2) is 10.7. The summed E-state index contributed by atoms with van der Waals surface area (Å²) in [5.74, 6) is -1.78. The van der Waals surface area contributed by atoms with Crippen molar-refractivity contribution in [1.82, 2.24) is 16.2 Å². The SMILES string of the molecule is CC(C)[C@H](NC(=O)Cc1ccccc1)C(=O)NNC(=O)c1ccc(-c2ccc(F)cc2)s1. The number of thiophene rings is 1. The first-order valence-corrected chi connectivity index (χ1v) is 10.9. The van der Waals surface area contributed by atoms with E-state index in [1.165, 1.54) is 23.5 Å². The molecule has 3 aromatic rings. The van der Waals surface area contributed by atoms with Crippen LogP contribution >= 0.6 is 11.3 Å². The molecule has 0 aliphatic rings. The highest BCUT2D eigenvalue weighted by atomic mass is 32.1. The smallest absolute Gasteiger partial charge is 0.279 e. The van der Waals surface area contributed by atoms with Crippen LogP contribution in [0.15, 0.2) is 66.7 Å². The van der Waals surface area contributed by atoms with Crippen LogP contribution < -0.4 is 16.2 Å². The summed E-state index contributed by atoms with van der Waals surface area (Å²) in [6.45, 7) is 3.62. The van der Waals surface area contributed by atoms with Crippen LogP contribution in [0.5, 0.6) is 0 Å². The minimum Gasteiger partial charge on any atom is -0.344 e. The van der Waals surface area contributed by atoms with E-state index >= 15 is 0 Å². The lowest BCUT2D eigenvalue weighted by Gasteiger charge is -2.21. The molecule has 0 saturated heterocycles. The van der Waals surface area contributed by atoms with Crippen molar-refractivity contribution in [3.63, 3.8) is 0 Å². The van der Waals surface area contributed by atoms with Gasteiger partial charge in [0, 0.05) is 4.88 Å². The quantitative estimate of drug-likeness (QED) is 0.477. The highest BCUT2D eigenvalue weighted by Gasteiger charge is 2.25. The molecule has 6 nitrogen and oxygen atoms in total. The number of hydrazine groups is 1. The molecule has 1 atom stereocenters. The lowest BCUT2D eigenvalue weighted by atomic mass is 10.0. The average Bonchev–Trinajstić information content (AvgIpc) is 3.27. The van der Waals surface area contributed by atoms with Gasteiger partial charge in [0.2, 0.25) is 5.91 Å². The summed E-state index contributed by atoms with van der Waals surface area (Å²) in [6.07, 6.45) is 0.158. The zero-order valence-corrected chi connectivity index (χ0v) is 18.5. The summed E-state index contributed by atoms with van der Waals surface area (Å²) in [5, 5.41) is 2.73. The molecule has 8 heteroatoms. The molecule has 1 heterocycles. The topological polar surface area (TPSA) is 87.3 Å². The maximum Gasteiger partial charge on any atom is 0.279 e. The van der Waals surface area contributed by atoms with Gasteiger partial charge in [-0.1, -0.05) is 56.3 Å². The molecule has 0 unspecified atom stereocenters.